The minimum atomic E-state index is -0.496. The Morgan fingerprint density at radius 2 is 1.75 bits per heavy atom. The van der Waals surface area contributed by atoms with Gasteiger partial charge in [-0.1, -0.05) is 54.2 Å². The van der Waals surface area contributed by atoms with Crippen molar-refractivity contribution in [3.63, 3.8) is 0 Å². The van der Waals surface area contributed by atoms with E-state index in [1.165, 1.54) is 11.8 Å². The van der Waals surface area contributed by atoms with Crippen LogP contribution in [0.5, 0.6) is 11.5 Å². The summed E-state index contributed by atoms with van der Waals surface area (Å²) in [5.41, 5.74) is 4.49. The summed E-state index contributed by atoms with van der Waals surface area (Å²) in [6, 6.07) is 26.9. The number of ketones is 1. The van der Waals surface area contributed by atoms with Gasteiger partial charge in [-0.25, -0.2) is 0 Å². The highest BCUT2D eigenvalue weighted by molar-refractivity contribution is 8.03. The third-order valence-electron chi connectivity index (χ3n) is 6.85. The van der Waals surface area contributed by atoms with Crippen LogP contribution in [0.25, 0.3) is 0 Å². The number of rotatable bonds is 9. The van der Waals surface area contributed by atoms with Gasteiger partial charge in [0.05, 0.1) is 35.5 Å². The van der Waals surface area contributed by atoms with Gasteiger partial charge in [0.15, 0.2) is 5.78 Å². The van der Waals surface area contributed by atoms with E-state index in [-0.39, 0.29) is 17.4 Å². The topological polar surface area (TPSA) is 100 Å². The molecule has 1 amide bonds. The standard InChI is InChI=1S/C32H29N3O4S/c1-38-24-16-12-23(13-17-24)34-29(37)20-40-32-26(18-33)30(31-27(35-32)8-5-9-28(31)36)22-10-14-25(15-11-22)39-19-21-6-3-2-4-7-21/h2-4,6-7,10-17,30,35H,5,8-9,19-20H2,1H3,(H,34,37)/t30-/m0/s1. The first kappa shape index (κ1) is 27.1. The summed E-state index contributed by atoms with van der Waals surface area (Å²) in [7, 11) is 1.59. The first-order valence-corrected chi connectivity index (χ1v) is 14.0. The third kappa shape index (κ3) is 6.22. The van der Waals surface area contributed by atoms with E-state index in [0.29, 0.717) is 46.4 Å². The van der Waals surface area contributed by atoms with E-state index in [9.17, 15) is 14.9 Å². The normalized spacial score (nSPS) is 16.5. The molecule has 1 heterocycles. The van der Waals surface area contributed by atoms with Gasteiger partial charge in [0.2, 0.25) is 5.91 Å². The fraction of sp³-hybridized carbons (Fsp3) is 0.219. The Morgan fingerprint density at radius 3 is 2.45 bits per heavy atom. The number of benzene rings is 3. The number of carbonyl (C=O) groups is 2. The SMILES string of the molecule is COc1ccc(NC(=O)CSC2=C(C#N)[C@H](c3ccc(OCc4ccccc4)cc3)C3=C(CCCC3=O)N2)cc1. The zero-order valence-corrected chi connectivity index (χ0v) is 22.9. The zero-order valence-electron chi connectivity index (χ0n) is 22.1. The second-order valence-electron chi connectivity index (χ2n) is 9.49. The molecule has 0 spiro atoms. The number of allylic oxidation sites excluding steroid dienone is 3. The van der Waals surface area contributed by atoms with Gasteiger partial charge in [-0.05, 0) is 60.4 Å². The van der Waals surface area contributed by atoms with Crippen molar-refractivity contribution in [2.24, 2.45) is 0 Å². The van der Waals surface area contributed by atoms with Crippen molar-refractivity contribution in [2.75, 3.05) is 18.2 Å². The number of Topliss-reactive ketones (excluding diaryl/α,β-unsaturated/α-hetero) is 1. The number of methoxy groups -OCH3 is 1. The van der Waals surface area contributed by atoms with Crippen LogP contribution in [0.3, 0.4) is 0 Å². The molecule has 2 N–H and O–H groups in total. The molecule has 8 heteroatoms. The minimum Gasteiger partial charge on any atom is -0.497 e. The molecule has 1 aliphatic heterocycles. The van der Waals surface area contributed by atoms with Gasteiger partial charge in [0.1, 0.15) is 18.1 Å². The van der Waals surface area contributed by atoms with Gasteiger partial charge in [-0.3, -0.25) is 9.59 Å². The number of dihydropyridines is 1. The van der Waals surface area contributed by atoms with Gasteiger partial charge in [-0.15, -0.1) is 0 Å². The van der Waals surface area contributed by atoms with Crippen molar-refractivity contribution in [2.45, 2.75) is 31.8 Å². The zero-order chi connectivity index (χ0) is 27.9. The third-order valence-corrected chi connectivity index (χ3v) is 7.86. The fourth-order valence-corrected chi connectivity index (χ4v) is 5.74. The number of nitriles is 1. The molecule has 1 aliphatic carbocycles. The molecule has 202 valence electrons. The Hall–Kier alpha value is -4.48. The Labute approximate surface area is 237 Å². The van der Waals surface area contributed by atoms with Crippen LogP contribution in [0.2, 0.25) is 0 Å². The smallest absolute Gasteiger partial charge is 0.234 e. The van der Waals surface area contributed by atoms with Crippen LogP contribution in [0.1, 0.15) is 36.3 Å². The van der Waals surface area contributed by atoms with E-state index in [1.54, 1.807) is 31.4 Å². The molecular formula is C32H29N3O4S. The summed E-state index contributed by atoms with van der Waals surface area (Å²) in [6.07, 6.45) is 1.93. The average Bonchev–Trinajstić information content (AvgIpc) is 2.99. The predicted molar refractivity (Wildman–Crippen MR) is 156 cm³/mol. The number of amides is 1. The first-order chi connectivity index (χ1) is 19.6. The summed E-state index contributed by atoms with van der Waals surface area (Å²) in [4.78, 5) is 25.8. The molecule has 0 radical (unpaired) electrons. The lowest BCUT2D eigenvalue weighted by atomic mass is 9.77. The van der Waals surface area contributed by atoms with E-state index in [1.807, 2.05) is 54.6 Å². The van der Waals surface area contributed by atoms with Gasteiger partial charge < -0.3 is 20.1 Å². The molecule has 2 aliphatic rings. The molecule has 0 saturated carbocycles. The minimum absolute atomic E-state index is 0.0530. The maximum atomic E-state index is 13.1. The first-order valence-electron chi connectivity index (χ1n) is 13.1. The van der Waals surface area contributed by atoms with Gasteiger partial charge >= 0.3 is 0 Å². The molecule has 0 saturated heterocycles. The molecule has 40 heavy (non-hydrogen) atoms. The van der Waals surface area contributed by atoms with Crippen LogP contribution in [0, 0.1) is 11.3 Å². The van der Waals surface area contributed by atoms with Crippen molar-refractivity contribution in [1.82, 2.24) is 5.32 Å². The molecule has 0 fully saturated rings. The molecular weight excluding hydrogens is 522 g/mol. The highest BCUT2D eigenvalue weighted by Crippen LogP contribution is 2.44. The number of anilines is 1. The molecule has 1 atom stereocenters. The average molecular weight is 552 g/mol. The molecule has 0 bridgehead atoms. The summed E-state index contributed by atoms with van der Waals surface area (Å²) in [5.74, 6) is 0.877. The molecule has 3 aromatic rings. The number of hydrogen-bond donors (Lipinski definition) is 2. The van der Waals surface area contributed by atoms with Crippen LogP contribution >= 0.6 is 11.8 Å². The van der Waals surface area contributed by atoms with Gasteiger partial charge in [0.25, 0.3) is 0 Å². The highest BCUT2D eigenvalue weighted by atomic mass is 32.2. The number of thioether (sulfide) groups is 1. The maximum Gasteiger partial charge on any atom is 0.234 e. The second-order valence-corrected chi connectivity index (χ2v) is 10.5. The van der Waals surface area contributed by atoms with Crippen molar-refractivity contribution in [1.29, 1.82) is 5.26 Å². The molecule has 0 unspecified atom stereocenters. The van der Waals surface area contributed by atoms with Crippen LogP contribution < -0.4 is 20.1 Å². The van der Waals surface area contributed by atoms with E-state index >= 15 is 0 Å². The number of ether oxygens (including phenoxy) is 2. The summed E-state index contributed by atoms with van der Waals surface area (Å²) in [5, 5.41) is 17.1. The van der Waals surface area contributed by atoms with Crippen LogP contribution in [-0.2, 0) is 16.2 Å². The lowest BCUT2D eigenvalue weighted by molar-refractivity contribution is -0.116. The van der Waals surface area contributed by atoms with Gasteiger partial charge in [-0.2, -0.15) is 5.26 Å². The Balaban J connectivity index is 1.35. The molecule has 5 rings (SSSR count). The predicted octanol–water partition coefficient (Wildman–Crippen LogP) is 6.08. The van der Waals surface area contributed by atoms with Crippen molar-refractivity contribution in [3.05, 3.63) is 112 Å². The fourth-order valence-electron chi connectivity index (χ4n) is 4.88. The molecule has 7 nitrogen and oxygen atoms in total. The molecule has 0 aromatic heterocycles. The number of carbonyl (C=O) groups excluding carboxylic acids is 2. The Kier molecular flexibility index (Phi) is 8.53. The van der Waals surface area contributed by atoms with Crippen molar-refractivity contribution >= 4 is 29.1 Å². The lowest BCUT2D eigenvalue weighted by Crippen LogP contribution is -2.31. The number of hydrogen-bond acceptors (Lipinski definition) is 7. The second kappa shape index (κ2) is 12.6. The Bertz CT molecular complexity index is 1490. The highest BCUT2D eigenvalue weighted by Gasteiger charge is 2.37. The van der Waals surface area contributed by atoms with E-state index in [0.717, 1.165) is 29.7 Å². The number of nitrogens with one attached hydrogen (secondary N) is 2. The van der Waals surface area contributed by atoms with Crippen LogP contribution in [-0.4, -0.2) is 24.6 Å². The quantitative estimate of drug-likeness (QED) is 0.333. The largest absolute Gasteiger partial charge is 0.497 e. The summed E-state index contributed by atoms with van der Waals surface area (Å²) < 4.78 is 11.1. The van der Waals surface area contributed by atoms with Crippen LogP contribution in [0.15, 0.2) is 101 Å². The Morgan fingerprint density at radius 1 is 1.02 bits per heavy atom. The van der Waals surface area contributed by atoms with Crippen molar-refractivity contribution < 1.29 is 19.1 Å². The maximum absolute atomic E-state index is 13.1. The molecule has 3 aromatic carbocycles. The van der Waals surface area contributed by atoms with Crippen LogP contribution in [0.4, 0.5) is 5.69 Å². The van der Waals surface area contributed by atoms with Gasteiger partial charge in [0, 0.05) is 23.4 Å². The summed E-state index contributed by atoms with van der Waals surface area (Å²) >= 11 is 1.27. The van der Waals surface area contributed by atoms with E-state index < -0.39 is 5.92 Å². The summed E-state index contributed by atoms with van der Waals surface area (Å²) in [6.45, 7) is 0.448. The van der Waals surface area contributed by atoms with Crippen molar-refractivity contribution in [3.8, 4) is 17.6 Å². The number of nitrogens with zero attached hydrogens (tertiary/aromatic N) is 1. The van der Waals surface area contributed by atoms with E-state index in [4.69, 9.17) is 9.47 Å². The monoisotopic (exact) mass is 551 g/mol. The lowest BCUT2D eigenvalue weighted by Gasteiger charge is -2.33. The van der Waals surface area contributed by atoms with E-state index in [2.05, 4.69) is 16.7 Å².